The van der Waals surface area contributed by atoms with Gasteiger partial charge in [0.1, 0.15) is 5.69 Å². The van der Waals surface area contributed by atoms with E-state index >= 15 is 0 Å². The van der Waals surface area contributed by atoms with Crippen LogP contribution >= 0.6 is 0 Å². The summed E-state index contributed by atoms with van der Waals surface area (Å²) >= 11 is 0. The number of rotatable bonds is 4. The van der Waals surface area contributed by atoms with Gasteiger partial charge >= 0.3 is 6.18 Å². The van der Waals surface area contributed by atoms with Crippen molar-refractivity contribution in [3.8, 4) is 0 Å². The molecule has 0 bridgehead atoms. The number of carbonyl (C=O) groups is 1. The molecule has 1 amide bonds. The Morgan fingerprint density at radius 1 is 1.36 bits per heavy atom. The van der Waals surface area contributed by atoms with Crippen molar-refractivity contribution in [2.75, 3.05) is 26.2 Å². The average Bonchev–Trinajstić information content (AvgIpc) is 2.52. The van der Waals surface area contributed by atoms with Gasteiger partial charge in [0.05, 0.1) is 5.56 Å². The number of nitrogens with zero attached hydrogens (tertiary/aromatic N) is 2. The fourth-order valence-electron chi connectivity index (χ4n) is 2.54. The van der Waals surface area contributed by atoms with Crippen LogP contribution in [0.2, 0.25) is 0 Å². The third-order valence-electron chi connectivity index (χ3n) is 3.89. The Labute approximate surface area is 127 Å². The van der Waals surface area contributed by atoms with E-state index in [1.807, 2.05) is 0 Å². The largest absolute Gasteiger partial charge is 0.417 e. The molecular formula is C15H20F3N3O. The second-order valence-corrected chi connectivity index (χ2v) is 5.47. The fourth-order valence-corrected chi connectivity index (χ4v) is 2.54. The number of amides is 1. The third kappa shape index (κ3) is 4.19. The quantitative estimate of drug-likeness (QED) is 0.929. The Morgan fingerprint density at radius 2 is 2.05 bits per heavy atom. The zero-order chi connectivity index (χ0) is 16.2. The lowest BCUT2D eigenvalue weighted by molar-refractivity contribution is -0.137. The first-order valence-electron chi connectivity index (χ1n) is 7.45. The van der Waals surface area contributed by atoms with Gasteiger partial charge < -0.3 is 10.2 Å². The topological polar surface area (TPSA) is 45.2 Å². The molecule has 1 fully saturated rings. The number of alkyl halides is 3. The van der Waals surface area contributed by atoms with Gasteiger partial charge in [-0.05, 0) is 44.0 Å². The van der Waals surface area contributed by atoms with E-state index in [4.69, 9.17) is 0 Å². The van der Waals surface area contributed by atoms with E-state index in [1.54, 1.807) is 4.90 Å². The average molecular weight is 315 g/mol. The molecule has 1 N–H and O–H groups in total. The summed E-state index contributed by atoms with van der Waals surface area (Å²) in [6.07, 6.45) is -1.91. The van der Waals surface area contributed by atoms with Gasteiger partial charge in [-0.2, -0.15) is 13.2 Å². The molecule has 22 heavy (non-hydrogen) atoms. The monoisotopic (exact) mass is 315 g/mol. The molecule has 7 heteroatoms. The SMILES string of the molecule is CCNCC1CCN(C(=O)c2ccc(C(F)(F)F)cn2)CC1. The summed E-state index contributed by atoms with van der Waals surface area (Å²) in [5.74, 6) is 0.250. The minimum atomic E-state index is -4.43. The maximum absolute atomic E-state index is 12.5. The standard InChI is InChI=1S/C15H20F3N3O/c1-2-19-9-11-5-7-21(8-6-11)14(22)13-4-3-12(10-20-13)15(16,17)18/h3-4,10-11,19H,2,5-9H2,1H3. The van der Waals surface area contributed by atoms with Gasteiger partial charge in [0.25, 0.3) is 5.91 Å². The Morgan fingerprint density at radius 3 is 2.55 bits per heavy atom. The number of pyridine rings is 1. The van der Waals surface area contributed by atoms with Crippen LogP contribution in [0.4, 0.5) is 13.2 Å². The maximum Gasteiger partial charge on any atom is 0.417 e. The number of likely N-dealkylation sites (tertiary alicyclic amines) is 1. The van der Waals surface area contributed by atoms with Crippen molar-refractivity contribution < 1.29 is 18.0 Å². The lowest BCUT2D eigenvalue weighted by Gasteiger charge is -2.31. The Kier molecular flexibility index (Phi) is 5.39. The van der Waals surface area contributed by atoms with Crippen LogP contribution in [-0.4, -0.2) is 42.0 Å². The number of hydrogen-bond acceptors (Lipinski definition) is 3. The smallest absolute Gasteiger partial charge is 0.337 e. The predicted octanol–water partition coefficient (Wildman–Crippen LogP) is 2.56. The van der Waals surface area contributed by atoms with E-state index in [-0.39, 0.29) is 11.6 Å². The van der Waals surface area contributed by atoms with Gasteiger partial charge in [0.15, 0.2) is 0 Å². The lowest BCUT2D eigenvalue weighted by Crippen LogP contribution is -2.41. The van der Waals surface area contributed by atoms with E-state index < -0.39 is 11.7 Å². The van der Waals surface area contributed by atoms with E-state index in [9.17, 15) is 18.0 Å². The summed E-state index contributed by atoms with van der Waals surface area (Å²) in [5.41, 5.74) is -0.772. The van der Waals surface area contributed by atoms with Crippen LogP contribution in [0.1, 0.15) is 35.8 Å². The number of aromatic nitrogens is 1. The molecule has 2 rings (SSSR count). The number of nitrogens with one attached hydrogen (secondary N) is 1. The van der Waals surface area contributed by atoms with Gasteiger partial charge in [0, 0.05) is 19.3 Å². The van der Waals surface area contributed by atoms with Crippen LogP contribution < -0.4 is 5.32 Å². The van der Waals surface area contributed by atoms with Crippen LogP contribution in [0.3, 0.4) is 0 Å². The summed E-state index contributed by atoms with van der Waals surface area (Å²) in [4.78, 5) is 17.6. The van der Waals surface area contributed by atoms with E-state index in [0.717, 1.165) is 38.1 Å². The number of halogens is 3. The molecule has 1 saturated heterocycles. The first kappa shape index (κ1) is 16.7. The molecule has 122 valence electrons. The molecule has 0 aromatic carbocycles. The molecule has 4 nitrogen and oxygen atoms in total. The molecule has 2 heterocycles. The number of piperidine rings is 1. The van der Waals surface area contributed by atoms with E-state index in [0.29, 0.717) is 25.2 Å². The van der Waals surface area contributed by atoms with Crippen molar-refractivity contribution in [3.05, 3.63) is 29.6 Å². The van der Waals surface area contributed by atoms with Crippen LogP contribution in [0.25, 0.3) is 0 Å². The molecule has 0 unspecified atom stereocenters. The molecule has 1 aliphatic rings. The van der Waals surface area contributed by atoms with Crippen molar-refractivity contribution in [3.63, 3.8) is 0 Å². The van der Waals surface area contributed by atoms with Gasteiger partial charge in [-0.1, -0.05) is 6.92 Å². The summed E-state index contributed by atoms with van der Waals surface area (Å²) in [6, 6.07) is 2.05. The first-order chi connectivity index (χ1) is 10.4. The minimum Gasteiger partial charge on any atom is -0.337 e. The Balaban J connectivity index is 1.92. The highest BCUT2D eigenvalue weighted by atomic mass is 19.4. The molecular weight excluding hydrogens is 295 g/mol. The highest BCUT2D eigenvalue weighted by Gasteiger charge is 2.31. The summed E-state index contributed by atoms with van der Waals surface area (Å²) < 4.78 is 37.4. The van der Waals surface area contributed by atoms with Gasteiger partial charge in [-0.25, -0.2) is 0 Å². The molecule has 1 aliphatic heterocycles. The predicted molar refractivity (Wildman–Crippen MR) is 76.4 cm³/mol. The van der Waals surface area contributed by atoms with Crippen LogP contribution in [-0.2, 0) is 6.18 Å². The Hall–Kier alpha value is -1.63. The maximum atomic E-state index is 12.5. The van der Waals surface area contributed by atoms with Crippen molar-refractivity contribution in [2.45, 2.75) is 25.9 Å². The zero-order valence-electron chi connectivity index (χ0n) is 12.5. The van der Waals surface area contributed by atoms with Crippen molar-refractivity contribution >= 4 is 5.91 Å². The summed E-state index contributed by atoms with van der Waals surface area (Å²) in [6.45, 7) is 5.16. The summed E-state index contributed by atoms with van der Waals surface area (Å²) in [7, 11) is 0. The molecule has 0 radical (unpaired) electrons. The van der Waals surface area contributed by atoms with Crippen molar-refractivity contribution in [1.82, 2.24) is 15.2 Å². The second-order valence-electron chi connectivity index (χ2n) is 5.47. The number of carbonyl (C=O) groups excluding carboxylic acids is 1. The zero-order valence-corrected chi connectivity index (χ0v) is 12.5. The highest BCUT2D eigenvalue weighted by Crippen LogP contribution is 2.28. The molecule has 1 aromatic rings. The second kappa shape index (κ2) is 7.09. The van der Waals surface area contributed by atoms with Gasteiger partial charge in [0.2, 0.25) is 0 Å². The van der Waals surface area contributed by atoms with Gasteiger partial charge in [-0.15, -0.1) is 0 Å². The first-order valence-corrected chi connectivity index (χ1v) is 7.45. The summed E-state index contributed by atoms with van der Waals surface area (Å²) in [5, 5.41) is 3.29. The van der Waals surface area contributed by atoms with Crippen LogP contribution in [0.5, 0.6) is 0 Å². The normalized spacial score (nSPS) is 16.8. The Bertz CT molecular complexity index is 494. The van der Waals surface area contributed by atoms with Crippen LogP contribution in [0, 0.1) is 5.92 Å². The molecule has 0 saturated carbocycles. The molecule has 0 spiro atoms. The molecule has 1 aromatic heterocycles. The van der Waals surface area contributed by atoms with Crippen molar-refractivity contribution in [1.29, 1.82) is 0 Å². The molecule has 0 atom stereocenters. The lowest BCUT2D eigenvalue weighted by atomic mass is 9.96. The molecule has 0 aliphatic carbocycles. The highest BCUT2D eigenvalue weighted by molar-refractivity contribution is 5.92. The number of hydrogen-bond donors (Lipinski definition) is 1. The fraction of sp³-hybridized carbons (Fsp3) is 0.600. The van der Waals surface area contributed by atoms with E-state index in [1.165, 1.54) is 0 Å². The van der Waals surface area contributed by atoms with Crippen LogP contribution in [0.15, 0.2) is 18.3 Å². The van der Waals surface area contributed by atoms with Crippen molar-refractivity contribution in [2.24, 2.45) is 5.92 Å². The third-order valence-corrected chi connectivity index (χ3v) is 3.89. The van der Waals surface area contributed by atoms with E-state index in [2.05, 4.69) is 17.2 Å². The minimum absolute atomic E-state index is 0.0677. The van der Waals surface area contributed by atoms with Gasteiger partial charge in [-0.3, -0.25) is 9.78 Å².